The van der Waals surface area contributed by atoms with Gasteiger partial charge in [-0.05, 0) is 18.8 Å². The lowest BCUT2D eigenvalue weighted by atomic mass is 10.0. The van der Waals surface area contributed by atoms with E-state index in [4.69, 9.17) is 15.6 Å². The zero-order valence-corrected chi connectivity index (χ0v) is 9.93. The van der Waals surface area contributed by atoms with E-state index >= 15 is 0 Å². The largest absolute Gasteiger partial charge is 0.481 e. The van der Waals surface area contributed by atoms with E-state index in [0.29, 0.717) is 38.6 Å². The van der Waals surface area contributed by atoms with E-state index in [1.54, 1.807) is 4.90 Å². The fraction of sp³-hybridized carbons (Fsp3) is 0.818. The molecule has 1 aliphatic rings. The van der Waals surface area contributed by atoms with Gasteiger partial charge >= 0.3 is 5.97 Å². The molecule has 0 aromatic carbocycles. The molecule has 17 heavy (non-hydrogen) atoms. The van der Waals surface area contributed by atoms with Crippen LogP contribution in [0.4, 0.5) is 0 Å². The highest BCUT2D eigenvalue weighted by Gasteiger charge is 2.26. The van der Waals surface area contributed by atoms with Crippen molar-refractivity contribution in [1.82, 2.24) is 4.90 Å². The van der Waals surface area contributed by atoms with E-state index in [0.717, 1.165) is 6.42 Å². The summed E-state index contributed by atoms with van der Waals surface area (Å²) in [5.74, 6) is -0.498. The predicted molar refractivity (Wildman–Crippen MR) is 61.4 cm³/mol. The van der Waals surface area contributed by atoms with Crippen LogP contribution in [0.2, 0.25) is 0 Å². The second-order valence-corrected chi connectivity index (χ2v) is 4.27. The molecule has 1 unspecified atom stereocenters. The third kappa shape index (κ3) is 5.14. The van der Waals surface area contributed by atoms with Crippen molar-refractivity contribution >= 4 is 11.9 Å². The average molecular weight is 244 g/mol. The van der Waals surface area contributed by atoms with E-state index in [-0.39, 0.29) is 18.9 Å². The van der Waals surface area contributed by atoms with Gasteiger partial charge in [0.05, 0.1) is 6.61 Å². The molecule has 0 aliphatic carbocycles. The minimum Gasteiger partial charge on any atom is -0.481 e. The molecule has 98 valence electrons. The van der Waals surface area contributed by atoms with Crippen molar-refractivity contribution in [1.29, 1.82) is 0 Å². The van der Waals surface area contributed by atoms with Crippen molar-refractivity contribution in [3.05, 3.63) is 0 Å². The Hall–Kier alpha value is -1.14. The van der Waals surface area contributed by atoms with Gasteiger partial charge in [-0.25, -0.2) is 0 Å². The van der Waals surface area contributed by atoms with Gasteiger partial charge in [-0.15, -0.1) is 0 Å². The van der Waals surface area contributed by atoms with Crippen LogP contribution in [0.5, 0.6) is 0 Å². The summed E-state index contributed by atoms with van der Waals surface area (Å²) < 4.78 is 5.08. The molecular weight excluding hydrogens is 224 g/mol. The lowest BCUT2D eigenvalue weighted by Gasteiger charge is -2.16. The number of carboxylic acids is 1. The fourth-order valence-electron chi connectivity index (χ4n) is 1.96. The molecule has 3 N–H and O–H groups in total. The van der Waals surface area contributed by atoms with Gasteiger partial charge in [0, 0.05) is 26.1 Å². The summed E-state index contributed by atoms with van der Waals surface area (Å²) in [4.78, 5) is 23.8. The van der Waals surface area contributed by atoms with Crippen LogP contribution in [-0.4, -0.2) is 54.7 Å². The summed E-state index contributed by atoms with van der Waals surface area (Å²) in [5.41, 5.74) is 5.25. The Kier molecular flexibility index (Phi) is 5.93. The topological polar surface area (TPSA) is 92.9 Å². The summed E-state index contributed by atoms with van der Waals surface area (Å²) in [6.07, 6.45) is 1.70. The Bertz CT molecular complexity index is 270. The fourth-order valence-corrected chi connectivity index (χ4v) is 1.96. The molecule has 1 saturated heterocycles. The molecule has 1 aliphatic heterocycles. The molecule has 0 aromatic heterocycles. The van der Waals surface area contributed by atoms with E-state index in [2.05, 4.69) is 0 Å². The number of amides is 1. The Morgan fingerprint density at radius 1 is 1.47 bits per heavy atom. The standard InChI is InChI=1S/C11H20N2O4/c12-4-6-17-8-10(14)13-5-3-9(7-13)1-2-11(15)16/h9H,1-8,12H2,(H,15,16). The molecule has 6 nitrogen and oxygen atoms in total. The number of carboxylic acid groups (broad SMARTS) is 1. The van der Waals surface area contributed by atoms with Crippen LogP contribution in [0.25, 0.3) is 0 Å². The minimum absolute atomic E-state index is 0.0312. The summed E-state index contributed by atoms with van der Waals surface area (Å²) in [6.45, 7) is 2.23. The second-order valence-electron chi connectivity index (χ2n) is 4.27. The molecule has 1 rings (SSSR count). The molecule has 0 spiro atoms. The third-order valence-corrected chi connectivity index (χ3v) is 2.89. The first-order valence-corrected chi connectivity index (χ1v) is 5.91. The lowest BCUT2D eigenvalue weighted by Crippen LogP contribution is -2.32. The van der Waals surface area contributed by atoms with Crippen molar-refractivity contribution in [2.24, 2.45) is 11.7 Å². The van der Waals surface area contributed by atoms with E-state index < -0.39 is 5.97 Å². The zero-order chi connectivity index (χ0) is 12.7. The molecule has 6 heteroatoms. The van der Waals surface area contributed by atoms with Gasteiger partial charge in [0.1, 0.15) is 6.61 Å². The lowest BCUT2D eigenvalue weighted by molar-refractivity contribution is -0.137. The number of rotatable bonds is 7. The summed E-state index contributed by atoms with van der Waals surface area (Å²) in [6, 6.07) is 0. The van der Waals surface area contributed by atoms with Crippen LogP contribution in [0.3, 0.4) is 0 Å². The normalized spacial score (nSPS) is 19.6. The van der Waals surface area contributed by atoms with Crippen LogP contribution in [-0.2, 0) is 14.3 Å². The van der Waals surface area contributed by atoms with Crippen molar-refractivity contribution in [2.75, 3.05) is 32.8 Å². The van der Waals surface area contributed by atoms with Crippen molar-refractivity contribution in [2.45, 2.75) is 19.3 Å². The number of nitrogens with two attached hydrogens (primary N) is 1. The molecule has 1 heterocycles. The van der Waals surface area contributed by atoms with Crippen molar-refractivity contribution in [3.8, 4) is 0 Å². The van der Waals surface area contributed by atoms with Gasteiger partial charge in [0.15, 0.2) is 0 Å². The number of hydrogen-bond acceptors (Lipinski definition) is 4. The van der Waals surface area contributed by atoms with E-state index in [1.165, 1.54) is 0 Å². The van der Waals surface area contributed by atoms with Gasteiger partial charge in [-0.1, -0.05) is 0 Å². The monoisotopic (exact) mass is 244 g/mol. The highest BCUT2D eigenvalue weighted by molar-refractivity contribution is 5.77. The van der Waals surface area contributed by atoms with Crippen molar-refractivity contribution < 1.29 is 19.4 Å². The minimum atomic E-state index is -0.777. The van der Waals surface area contributed by atoms with Crippen LogP contribution >= 0.6 is 0 Å². The summed E-state index contributed by atoms with van der Waals surface area (Å²) in [7, 11) is 0. The maximum absolute atomic E-state index is 11.6. The second kappa shape index (κ2) is 7.24. The number of nitrogens with zero attached hydrogens (tertiary/aromatic N) is 1. The Balaban J connectivity index is 2.20. The number of carbonyl (C=O) groups is 2. The summed E-state index contributed by atoms with van der Waals surface area (Å²) >= 11 is 0. The van der Waals surface area contributed by atoms with Gasteiger partial charge in [-0.2, -0.15) is 0 Å². The van der Waals surface area contributed by atoms with Crippen molar-refractivity contribution in [3.63, 3.8) is 0 Å². The SMILES string of the molecule is NCCOCC(=O)N1CCC(CCC(=O)O)C1. The number of hydrogen-bond donors (Lipinski definition) is 2. The third-order valence-electron chi connectivity index (χ3n) is 2.89. The molecular formula is C11H20N2O4. The Morgan fingerprint density at radius 3 is 2.88 bits per heavy atom. The quantitative estimate of drug-likeness (QED) is 0.598. The van der Waals surface area contributed by atoms with Gasteiger partial charge in [0.2, 0.25) is 5.91 Å². The van der Waals surface area contributed by atoms with Crippen LogP contribution in [0.1, 0.15) is 19.3 Å². The van der Waals surface area contributed by atoms with Crippen LogP contribution in [0.15, 0.2) is 0 Å². The Labute approximate surface area is 101 Å². The van der Waals surface area contributed by atoms with Crippen LogP contribution < -0.4 is 5.73 Å². The molecule has 0 saturated carbocycles. The molecule has 0 aromatic rings. The van der Waals surface area contributed by atoms with Gasteiger partial charge in [0.25, 0.3) is 0 Å². The maximum Gasteiger partial charge on any atom is 0.303 e. The maximum atomic E-state index is 11.6. The highest BCUT2D eigenvalue weighted by atomic mass is 16.5. The zero-order valence-electron chi connectivity index (χ0n) is 9.93. The van der Waals surface area contributed by atoms with Crippen LogP contribution in [0, 0.1) is 5.92 Å². The molecule has 0 bridgehead atoms. The predicted octanol–water partition coefficient (Wildman–Crippen LogP) is -0.325. The molecule has 1 atom stereocenters. The number of aliphatic carboxylic acids is 1. The first-order chi connectivity index (χ1) is 8.13. The van der Waals surface area contributed by atoms with E-state index in [9.17, 15) is 9.59 Å². The first kappa shape index (κ1) is 13.9. The summed E-state index contributed by atoms with van der Waals surface area (Å²) in [5, 5.41) is 8.58. The highest BCUT2D eigenvalue weighted by Crippen LogP contribution is 2.20. The van der Waals surface area contributed by atoms with Gasteiger partial charge < -0.3 is 20.5 Å². The average Bonchev–Trinajstić information content (AvgIpc) is 2.75. The number of ether oxygens (including phenoxy) is 1. The van der Waals surface area contributed by atoms with Gasteiger partial charge in [-0.3, -0.25) is 9.59 Å². The molecule has 0 radical (unpaired) electrons. The first-order valence-electron chi connectivity index (χ1n) is 5.91. The molecule has 1 fully saturated rings. The number of likely N-dealkylation sites (tertiary alicyclic amines) is 1. The van der Waals surface area contributed by atoms with E-state index in [1.807, 2.05) is 0 Å². The molecule has 1 amide bonds. The smallest absolute Gasteiger partial charge is 0.303 e. The Morgan fingerprint density at radius 2 is 2.24 bits per heavy atom. The number of carbonyl (C=O) groups excluding carboxylic acids is 1.